The minimum atomic E-state index is -4.64. The van der Waals surface area contributed by atoms with Gasteiger partial charge in [0.2, 0.25) is 5.91 Å². The second-order valence-electron chi connectivity index (χ2n) is 5.10. The molecular formula is C13H14BrF3N6O2. The fraction of sp³-hybridized carbons (Fsp3) is 0.385. The molecule has 2 N–H and O–H groups in total. The normalized spacial score (nSPS) is 11.5. The van der Waals surface area contributed by atoms with Crippen molar-refractivity contribution in [2.45, 2.75) is 19.6 Å². The standard InChI is InChI=1S/C13H14BrF3N6O2/c1-6-9(14)11(13(15,16)17)21-23(6)5-8(24)19-7-4-22(3)20-10(7)12(25)18-2/h4H,5H2,1-3H3,(H,18,25)(H,19,24). The Labute approximate surface area is 148 Å². The minimum absolute atomic E-state index is 0.00676. The SMILES string of the molecule is CNC(=O)c1nn(C)cc1NC(=O)Cn1nc(C(F)(F)F)c(Br)c1C. The quantitative estimate of drug-likeness (QED) is 0.783. The molecule has 2 aromatic heterocycles. The van der Waals surface area contributed by atoms with Crippen LogP contribution in [-0.2, 0) is 24.6 Å². The Bertz CT molecular complexity index is 827. The second-order valence-corrected chi connectivity index (χ2v) is 5.89. The van der Waals surface area contributed by atoms with E-state index < -0.39 is 30.2 Å². The van der Waals surface area contributed by atoms with Crippen molar-refractivity contribution in [1.82, 2.24) is 24.9 Å². The molecule has 0 bridgehead atoms. The molecule has 0 fully saturated rings. The molecule has 0 unspecified atom stereocenters. The maximum absolute atomic E-state index is 12.8. The third kappa shape index (κ3) is 4.00. The van der Waals surface area contributed by atoms with Gasteiger partial charge in [0.1, 0.15) is 6.54 Å². The molecule has 2 aromatic rings. The Kier molecular flexibility index (Phi) is 5.20. The van der Waals surface area contributed by atoms with Crippen LogP contribution in [0.3, 0.4) is 0 Å². The zero-order valence-corrected chi connectivity index (χ0v) is 15.0. The van der Waals surface area contributed by atoms with Crippen LogP contribution in [0.25, 0.3) is 0 Å². The number of halogens is 4. The molecule has 0 aliphatic heterocycles. The summed E-state index contributed by atoms with van der Waals surface area (Å²) in [6, 6.07) is 0. The van der Waals surface area contributed by atoms with Gasteiger partial charge in [-0.05, 0) is 22.9 Å². The van der Waals surface area contributed by atoms with Gasteiger partial charge in [-0.1, -0.05) is 0 Å². The zero-order chi connectivity index (χ0) is 18.9. The van der Waals surface area contributed by atoms with Gasteiger partial charge in [-0.3, -0.25) is 19.0 Å². The summed E-state index contributed by atoms with van der Waals surface area (Å²) in [5.74, 6) is -1.15. The van der Waals surface area contributed by atoms with Gasteiger partial charge >= 0.3 is 6.18 Å². The summed E-state index contributed by atoms with van der Waals surface area (Å²) < 4.78 is 40.6. The van der Waals surface area contributed by atoms with Gasteiger partial charge in [0.25, 0.3) is 5.91 Å². The first-order valence-electron chi connectivity index (χ1n) is 6.90. The maximum Gasteiger partial charge on any atom is 0.436 e. The zero-order valence-electron chi connectivity index (χ0n) is 13.4. The van der Waals surface area contributed by atoms with Gasteiger partial charge in [-0.25, -0.2) is 0 Å². The van der Waals surface area contributed by atoms with Gasteiger partial charge in [-0.2, -0.15) is 23.4 Å². The topological polar surface area (TPSA) is 93.8 Å². The molecule has 0 radical (unpaired) electrons. The van der Waals surface area contributed by atoms with E-state index in [1.165, 1.54) is 24.9 Å². The number of aromatic nitrogens is 4. The average molecular weight is 423 g/mol. The first kappa shape index (κ1) is 19.0. The third-order valence-corrected chi connectivity index (χ3v) is 4.19. The fourth-order valence-electron chi connectivity index (χ4n) is 2.05. The molecule has 2 amide bonds. The molecule has 0 saturated carbocycles. The van der Waals surface area contributed by atoms with Crippen molar-refractivity contribution in [3.63, 3.8) is 0 Å². The van der Waals surface area contributed by atoms with Gasteiger partial charge in [-0.15, -0.1) is 0 Å². The van der Waals surface area contributed by atoms with Crippen LogP contribution in [0.5, 0.6) is 0 Å². The Morgan fingerprint density at radius 3 is 2.48 bits per heavy atom. The molecule has 8 nitrogen and oxygen atoms in total. The highest BCUT2D eigenvalue weighted by atomic mass is 79.9. The van der Waals surface area contributed by atoms with Crippen molar-refractivity contribution in [2.24, 2.45) is 7.05 Å². The number of hydrogen-bond donors (Lipinski definition) is 2. The van der Waals surface area contributed by atoms with Crippen molar-refractivity contribution >= 4 is 33.4 Å². The number of carbonyl (C=O) groups is 2. The fourth-order valence-corrected chi connectivity index (χ4v) is 2.56. The lowest BCUT2D eigenvalue weighted by molar-refractivity contribution is -0.142. The van der Waals surface area contributed by atoms with E-state index in [0.717, 1.165) is 4.68 Å². The monoisotopic (exact) mass is 422 g/mol. The number of rotatable bonds is 4. The highest BCUT2D eigenvalue weighted by Crippen LogP contribution is 2.35. The number of anilines is 1. The van der Waals surface area contributed by atoms with Crippen LogP contribution >= 0.6 is 15.9 Å². The third-order valence-electron chi connectivity index (χ3n) is 3.24. The number of amides is 2. The van der Waals surface area contributed by atoms with E-state index in [9.17, 15) is 22.8 Å². The molecule has 2 rings (SSSR count). The molecule has 136 valence electrons. The number of nitrogens with zero attached hydrogens (tertiary/aromatic N) is 4. The molecule has 0 aliphatic rings. The largest absolute Gasteiger partial charge is 0.436 e. The van der Waals surface area contributed by atoms with Crippen molar-refractivity contribution in [1.29, 1.82) is 0 Å². The number of nitrogens with one attached hydrogen (secondary N) is 2. The minimum Gasteiger partial charge on any atom is -0.354 e. The lowest BCUT2D eigenvalue weighted by atomic mass is 10.3. The second kappa shape index (κ2) is 6.86. The van der Waals surface area contributed by atoms with Crippen LogP contribution in [-0.4, -0.2) is 38.4 Å². The van der Waals surface area contributed by atoms with Crippen LogP contribution < -0.4 is 10.6 Å². The van der Waals surface area contributed by atoms with Crippen LogP contribution in [0, 0.1) is 6.92 Å². The number of hydrogen-bond acceptors (Lipinski definition) is 4. The maximum atomic E-state index is 12.8. The Morgan fingerprint density at radius 1 is 1.32 bits per heavy atom. The first-order chi connectivity index (χ1) is 11.5. The van der Waals surface area contributed by atoms with E-state index in [1.807, 2.05) is 0 Å². The lowest BCUT2D eigenvalue weighted by Crippen LogP contribution is -2.24. The van der Waals surface area contributed by atoms with Crippen LogP contribution in [0.15, 0.2) is 10.7 Å². The summed E-state index contributed by atoms with van der Waals surface area (Å²) in [7, 11) is 2.97. The predicted molar refractivity (Wildman–Crippen MR) is 84.9 cm³/mol. The summed E-state index contributed by atoms with van der Waals surface area (Å²) in [4.78, 5) is 23.9. The van der Waals surface area contributed by atoms with Crippen molar-refractivity contribution in [2.75, 3.05) is 12.4 Å². The summed E-state index contributed by atoms with van der Waals surface area (Å²) in [5.41, 5.74) is -0.815. The summed E-state index contributed by atoms with van der Waals surface area (Å²) in [5, 5.41) is 12.2. The number of carbonyl (C=O) groups excluding carboxylic acids is 2. The smallest absolute Gasteiger partial charge is 0.354 e. The number of alkyl halides is 3. The highest BCUT2D eigenvalue weighted by Gasteiger charge is 2.38. The average Bonchev–Trinajstić information content (AvgIpc) is 3.00. The van der Waals surface area contributed by atoms with Gasteiger partial charge < -0.3 is 10.6 Å². The highest BCUT2D eigenvalue weighted by molar-refractivity contribution is 9.10. The molecule has 0 saturated heterocycles. The first-order valence-corrected chi connectivity index (χ1v) is 7.69. The molecule has 0 aliphatic carbocycles. The summed E-state index contributed by atoms with van der Waals surface area (Å²) >= 11 is 2.84. The number of aryl methyl sites for hydroxylation is 1. The van der Waals surface area contributed by atoms with E-state index in [-0.39, 0.29) is 21.5 Å². The summed E-state index contributed by atoms with van der Waals surface area (Å²) in [6.07, 6.45) is -3.23. The predicted octanol–water partition coefficient (Wildman–Crippen LogP) is 1.70. The molecule has 0 aromatic carbocycles. The van der Waals surface area contributed by atoms with E-state index >= 15 is 0 Å². The van der Waals surface area contributed by atoms with Crippen molar-refractivity contribution < 1.29 is 22.8 Å². The molecule has 12 heteroatoms. The Morgan fingerprint density at radius 2 is 1.96 bits per heavy atom. The summed E-state index contributed by atoms with van der Waals surface area (Å²) in [6.45, 7) is 0.947. The van der Waals surface area contributed by atoms with Gasteiger partial charge in [0.15, 0.2) is 11.4 Å². The molecule has 2 heterocycles. The molecule has 25 heavy (non-hydrogen) atoms. The van der Waals surface area contributed by atoms with E-state index in [4.69, 9.17) is 0 Å². The van der Waals surface area contributed by atoms with Crippen LogP contribution in [0.1, 0.15) is 21.9 Å². The van der Waals surface area contributed by atoms with E-state index in [2.05, 4.69) is 36.8 Å². The Hall–Kier alpha value is -2.37. The Balaban J connectivity index is 2.21. The van der Waals surface area contributed by atoms with E-state index in [0.29, 0.717) is 0 Å². The lowest BCUT2D eigenvalue weighted by Gasteiger charge is -2.06. The molecular weight excluding hydrogens is 409 g/mol. The van der Waals surface area contributed by atoms with Gasteiger partial charge in [0, 0.05) is 20.3 Å². The molecule has 0 spiro atoms. The van der Waals surface area contributed by atoms with Crippen LogP contribution in [0.4, 0.5) is 18.9 Å². The van der Waals surface area contributed by atoms with E-state index in [1.54, 1.807) is 7.05 Å². The van der Waals surface area contributed by atoms with Crippen molar-refractivity contribution in [3.05, 3.63) is 27.8 Å². The van der Waals surface area contributed by atoms with Gasteiger partial charge in [0.05, 0.1) is 15.9 Å². The molecule has 0 atom stereocenters. The van der Waals surface area contributed by atoms with Crippen molar-refractivity contribution in [3.8, 4) is 0 Å². The van der Waals surface area contributed by atoms with Crippen LogP contribution in [0.2, 0.25) is 0 Å².